The van der Waals surface area contributed by atoms with Gasteiger partial charge < -0.3 is 9.52 Å². The van der Waals surface area contributed by atoms with E-state index in [9.17, 15) is 9.50 Å². The van der Waals surface area contributed by atoms with Gasteiger partial charge in [-0.1, -0.05) is 13.8 Å². The zero-order valence-corrected chi connectivity index (χ0v) is 12.1. The molecule has 3 heteroatoms. The third kappa shape index (κ3) is 2.47. The minimum atomic E-state index is -0.913. The highest BCUT2D eigenvalue weighted by Gasteiger charge is 2.37. The topological polar surface area (TPSA) is 33.4 Å². The van der Waals surface area contributed by atoms with Crippen LogP contribution >= 0.6 is 0 Å². The summed E-state index contributed by atoms with van der Waals surface area (Å²) < 4.78 is 19.0. The number of hydrogen-bond donors (Lipinski definition) is 1. The molecule has 1 unspecified atom stereocenters. The molecule has 108 valence electrons. The fraction of sp³-hybridized carbons (Fsp3) is 0.529. The van der Waals surface area contributed by atoms with Crippen molar-refractivity contribution < 1.29 is 13.9 Å². The first-order chi connectivity index (χ1) is 9.38. The van der Waals surface area contributed by atoms with Gasteiger partial charge in [-0.25, -0.2) is 4.39 Å². The van der Waals surface area contributed by atoms with Gasteiger partial charge in [-0.15, -0.1) is 0 Å². The van der Waals surface area contributed by atoms with Gasteiger partial charge in [0.15, 0.2) is 0 Å². The molecule has 0 aliphatic heterocycles. The van der Waals surface area contributed by atoms with E-state index in [1.165, 1.54) is 12.1 Å². The van der Waals surface area contributed by atoms with Crippen molar-refractivity contribution in [3.8, 4) is 0 Å². The molecule has 2 nitrogen and oxygen atoms in total. The molecule has 0 amide bonds. The van der Waals surface area contributed by atoms with Crippen molar-refractivity contribution in [2.45, 2.75) is 51.6 Å². The first-order valence-electron chi connectivity index (χ1n) is 7.30. The zero-order chi connectivity index (χ0) is 14.4. The van der Waals surface area contributed by atoms with Crippen molar-refractivity contribution in [1.29, 1.82) is 0 Å². The van der Waals surface area contributed by atoms with Crippen LogP contribution in [0.3, 0.4) is 0 Å². The van der Waals surface area contributed by atoms with Crippen LogP contribution in [-0.4, -0.2) is 5.11 Å². The summed E-state index contributed by atoms with van der Waals surface area (Å²) in [5.41, 5.74) is -0.00961. The van der Waals surface area contributed by atoms with Gasteiger partial charge in [0.25, 0.3) is 0 Å². The molecule has 20 heavy (non-hydrogen) atoms. The molecule has 1 aromatic heterocycles. The van der Waals surface area contributed by atoms with E-state index in [2.05, 4.69) is 13.8 Å². The molecule has 0 spiro atoms. The summed E-state index contributed by atoms with van der Waals surface area (Å²) in [6.45, 7) is 4.49. The average Bonchev–Trinajstić information content (AvgIpc) is 2.74. The Labute approximate surface area is 118 Å². The van der Waals surface area contributed by atoms with E-state index in [1.54, 1.807) is 12.1 Å². The van der Waals surface area contributed by atoms with Gasteiger partial charge in [-0.2, -0.15) is 0 Å². The van der Waals surface area contributed by atoms with Crippen LogP contribution in [0.15, 0.2) is 28.7 Å². The molecule has 1 N–H and O–H groups in total. The van der Waals surface area contributed by atoms with Crippen LogP contribution in [0.25, 0.3) is 11.0 Å². The van der Waals surface area contributed by atoms with Gasteiger partial charge in [0, 0.05) is 5.39 Å². The number of furan rings is 1. The molecule has 1 aromatic carbocycles. The second kappa shape index (κ2) is 4.59. The molecule has 2 aromatic rings. The predicted molar refractivity (Wildman–Crippen MR) is 76.9 cm³/mol. The van der Waals surface area contributed by atoms with Crippen molar-refractivity contribution >= 4 is 11.0 Å². The summed E-state index contributed by atoms with van der Waals surface area (Å²) >= 11 is 0. The first kappa shape index (κ1) is 13.6. The van der Waals surface area contributed by atoms with Gasteiger partial charge in [0.05, 0.1) is 0 Å². The number of fused-ring (bicyclic) bond motifs is 1. The maximum atomic E-state index is 13.2. The van der Waals surface area contributed by atoms with Crippen LogP contribution in [0.1, 0.15) is 51.7 Å². The molecule has 1 fully saturated rings. The first-order valence-corrected chi connectivity index (χ1v) is 7.30. The van der Waals surface area contributed by atoms with E-state index >= 15 is 0 Å². The Morgan fingerprint density at radius 2 is 1.90 bits per heavy atom. The highest BCUT2D eigenvalue weighted by molar-refractivity contribution is 5.78. The normalized spacial score (nSPS) is 26.6. The summed E-state index contributed by atoms with van der Waals surface area (Å²) in [5.74, 6) is 0.301. The number of halogens is 1. The predicted octanol–water partition coefficient (Wildman–Crippen LogP) is 4.75. The summed E-state index contributed by atoms with van der Waals surface area (Å²) in [4.78, 5) is 0. The molecule has 0 saturated heterocycles. The number of rotatable bonds is 1. The zero-order valence-electron chi connectivity index (χ0n) is 12.1. The Hall–Kier alpha value is -1.35. The van der Waals surface area contributed by atoms with Gasteiger partial charge in [0.2, 0.25) is 0 Å². The number of aliphatic hydroxyl groups is 1. The van der Waals surface area contributed by atoms with Crippen LogP contribution in [0.4, 0.5) is 4.39 Å². The second-order valence-electron chi connectivity index (χ2n) is 6.84. The van der Waals surface area contributed by atoms with Gasteiger partial charge in [-0.3, -0.25) is 0 Å². The fourth-order valence-corrected chi connectivity index (χ4v) is 3.14. The van der Waals surface area contributed by atoms with E-state index < -0.39 is 5.60 Å². The van der Waals surface area contributed by atoms with Crippen molar-refractivity contribution in [3.63, 3.8) is 0 Å². The lowest BCUT2D eigenvalue weighted by atomic mass is 9.84. The molecule has 0 radical (unpaired) electrons. The van der Waals surface area contributed by atoms with Gasteiger partial charge in [-0.05, 0) is 61.8 Å². The Kier molecular flexibility index (Phi) is 3.13. The third-order valence-corrected chi connectivity index (χ3v) is 4.60. The minimum absolute atomic E-state index is 0.266. The molecule has 3 rings (SSSR count). The summed E-state index contributed by atoms with van der Waals surface area (Å²) in [7, 11) is 0. The summed E-state index contributed by atoms with van der Waals surface area (Å²) in [6, 6.07) is 6.25. The molecule has 1 heterocycles. The Bertz CT molecular complexity index is 629. The Morgan fingerprint density at radius 3 is 2.70 bits per heavy atom. The van der Waals surface area contributed by atoms with Crippen LogP contribution < -0.4 is 0 Å². The van der Waals surface area contributed by atoms with Crippen molar-refractivity contribution in [2.75, 3.05) is 0 Å². The molecule has 0 bridgehead atoms. The molecule has 1 atom stereocenters. The van der Waals surface area contributed by atoms with Gasteiger partial charge in [0.1, 0.15) is 22.8 Å². The highest BCUT2D eigenvalue weighted by Crippen LogP contribution is 2.43. The monoisotopic (exact) mass is 276 g/mol. The molecular formula is C17H21FO2. The maximum Gasteiger partial charge on any atom is 0.136 e. The minimum Gasteiger partial charge on any atom is -0.458 e. The van der Waals surface area contributed by atoms with Crippen LogP contribution in [0, 0.1) is 11.2 Å². The lowest BCUT2D eigenvalue weighted by Crippen LogP contribution is -2.24. The van der Waals surface area contributed by atoms with Crippen LogP contribution in [0.5, 0.6) is 0 Å². The van der Waals surface area contributed by atoms with Gasteiger partial charge >= 0.3 is 0 Å². The third-order valence-electron chi connectivity index (χ3n) is 4.60. The standard InChI is InChI=1S/C17H21FO2/c1-16(2)6-3-7-17(19,9-8-16)15-11-12-10-13(18)4-5-14(12)20-15/h4-5,10-11,19H,3,6-9H2,1-2H3. The molecular weight excluding hydrogens is 255 g/mol. The van der Waals surface area contributed by atoms with Crippen LogP contribution in [0.2, 0.25) is 0 Å². The second-order valence-corrected chi connectivity index (χ2v) is 6.84. The van der Waals surface area contributed by atoms with Crippen LogP contribution in [-0.2, 0) is 5.60 Å². The van der Waals surface area contributed by atoms with E-state index in [4.69, 9.17) is 4.42 Å². The van der Waals surface area contributed by atoms with E-state index in [0.717, 1.165) is 24.6 Å². The lowest BCUT2D eigenvalue weighted by molar-refractivity contribution is -0.00122. The van der Waals surface area contributed by atoms with Crippen molar-refractivity contribution in [3.05, 3.63) is 35.8 Å². The molecule has 1 saturated carbocycles. The number of hydrogen-bond acceptors (Lipinski definition) is 2. The van der Waals surface area contributed by atoms with Crippen molar-refractivity contribution in [2.24, 2.45) is 5.41 Å². The van der Waals surface area contributed by atoms with E-state index in [0.29, 0.717) is 24.2 Å². The quantitative estimate of drug-likeness (QED) is 0.762. The van der Waals surface area contributed by atoms with Crippen molar-refractivity contribution in [1.82, 2.24) is 0 Å². The smallest absolute Gasteiger partial charge is 0.136 e. The van der Waals surface area contributed by atoms with E-state index in [-0.39, 0.29) is 11.2 Å². The maximum absolute atomic E-state index is 13.2. The lowest BCUT2D eigenvalue weighted by Gasteiger charge is -2.25. The Morgan fingerprint density at radius 1 is 1.10 bits per heavy atom. The highest BCUT2D eigenvalue weighted by atomic mass is 19.1. The SMILES string of the molecule is CC1(C)CCCC(O)(c2cc3cc(F)ccc3o2)CC1. The molecule has 1 aliphatic carbocycles. The molecule has 1 aliphatic rings. The van der Waals surface area contributed by atoms with E-state index in [1.807, 2.05) is 0 Å². The Balaban J connectivity index is 1.96. The fourth-order valence-electron chi connectivity index (χ4n) is 3.14. The largest absolute Gasteiger partial charge is 0.458 e. The number of benzene rings is 1. The summed E-state index contributed by atoms with van der Waals surface area (Å²) in [5, 5.41) is 11.7. The average molecular weight is 276 g/mol. The summed E-state index contributed by atoms with van der Waals surface area (Å²) in [6.07, 6.45) is 4.47.